The predicted octanol–water partition coefficient (Wildman–Crippen LogP) is 3.77. The first-order valence-electron chi connectivity index (χ1n) is 13.6. The van der Waals surface area contributed by atoms with Gasteiger partial charge in [0.15, 0.2) is 0 Å². The lowest BCUT2D eigenvalue weighted by atomic mass is 9.94. The third-order valence-electron chi connectivity index (χ3n) is 7.22. The molecule has 1 aromatic carbocycles. The number of sulfonamides is 1. The molecule has 2 atom stereocenters. The summed E-state index contributed by atoms with van der Waals surface area (Å²) in [5.41, 5.74) is 1.85. The lowest BCUT2D eigenvalue weighted by molar-refractivity contribution is -0.121. The second-order valence-corrected chi connectivity index (χ2v) is 13.8. The highest BCUT2D eigenvalue weighted by Crippen LogP contribution is 2.35. The van der Waals surface area contributed by atoms with E-state index < -0.39 is 15.6 Å². The summed E-state index contributed by atoms with van der Waals surface area (Å²) in [6, 6.07) is 8.33. The SMILES string of the molecule is CCN(CCCNC(=O)Cn1cnc2sc(C)c(S(=O)(=O)N3C[C@@H](C)C[C@H](C)C3)c2c1=O)c1cccc(C)c1. The van der Waals surface area contributed by atoms with Gasteiger partial charge in [-0.15, -0.1) is 11.3 Å². The summed E-state index contributed by atoms with van der Waals surface area (Å²) in [6.45, 7) is 12.7. The number of rotatable bonds is 10. The van der Waals surface area contributed by atoms with Crippen LogP contribution in [0.3, 0.4) is 0 Å². The van der Waals surface area contributed by atoms with Crippen LogP contribution in [-0.2, 0) is 21.4 Å². The number of amides is 1. The number of hydrogen-bond acceptors (Lipinski definition) is 7. The van der Waals surface area contributed by atoms with Crippen molar-refractivity contribution in [2.24, 2.45) is 11.8 Å². The van der Waals surface area contributed by atoms with Gasteiger partial charge in [0, 0.05) is 43.3 Å². The Kier molecular flexibility index (Phi) is 9.13. The molecular weight excluding hydrogens is 534 g/mol. The number of nitrogens with one attached hydrogen (secondary N) is 1. The Balaban J connectivity index is 1.45. The topological polar surface area (TPSA) is 105 Å². The van der Waals surface area contributed by atoms with Gasteiger partial charge in [-0.25, -0.2) is 13.4 Å². The van der Waals surface area contributed by atoms with Crippen LogP contribution in [0.2, 0.25) is 0 Å². The minimum Gasteiger partial charge on any atom is -0.372 e. The van der Waals surface area contributed by atoms with Crippen molar-refractivity contribution >= 4 is 43.2 Å². The van der Waals surface area contributed by atoms with Gasteiger partial charge in [-0.05, 0) is 63.1 Å². The molecule has 0 saturated carbocycles. The second kappa shape index (κ2) is 12.2. The van der Waals surface area contributed by atoms with Crippen LogP contribution in [0.4, 0.5) is 5.69 Å². The van der Waals surface area contributed by atoms with Gasteiger partial charge in [0.25, 0.3) is 5.56 Å². The number of thiophene rings is 1. The number of aryl methyl sites for hydroxylation is 2. The second-order valence-electron chi connectivity index (χ2n) is 10.7. The Morgan fingerprint density at radius 2 is 1.92 bits per heavy atom. The minimum atomic E-state index is -3.88. The van der Waals surface area contributed by atoms with Crippen molar-refractivity contribution in [2.45, 2.75) is 58.9 Å². The van der Waals surface area contributed by atoms with Crippen molar-refractivity contribution in [1.82, 2.24) is 19.2 Å². The summed E-state index contributed by atoms with van der Waals surface area (Å²) in [7, 11) is -3.88. The molecule has 11 heteroatoms. The largest absolute Gasteiger partial charge is 0.372 e. The molecule has 1 aliphatic heterocycles. The number of piperidine rings is 1. The van der Waals surface area contributed by atoms with E-state index >= 15 is 0 Å². The normalized spacial score (nSPS) is 18.4. The molecule has 0 radical (unpaired) electrons. The lowest BCUT2D eigenvalue weighted by Crippen LogP contribution is -2.43. The highest BCUT2D eigenvalue weighted by Gasteiger charge is 2.35. The summed E-state index contributed by atoms with van der Waals surface area (Å²) >= 11 is 1.20. The van der Waals surface area contributed by atoms with E-state index in [0.717, 1.165) is 31.6 Å². The Morgan fingerprint density at radius 1 is 1.21 bits per heavy atom. The average molecular weight is 574 g/mol. The molecule has 39 heavy (non-hydrogen) atoms. The highest BCUT2D eigenvalue weighted by atomic mass is 32.2. The molecule has 0 bridgehead atoms. The first-order valence-corrected chi connectivity index (χ1v) is 15.8. The third-order valence-corrected chi connectivity index (χ3v) is 10.4. The van der Waals surface area contributed by atoms with Gasteiger partial charge < -0.3 is 10.2 Å². The number of nitrogens with zero attached hydrogens (tertiary/aromatic N) is 4. The smallest absolute Gasteiger partial charge is 0.263 e. The van der Waals surface area contributed by atoms with Crippen LogP contribution in [0, 0.1) is 25.7 Å². The zero-order chi connectivity index (χ0) is 28.3. The third kappa shape index (κ3) is 6.53. The van der Waals surface area contributed by atoms with Crippen molar-refractivity contribution in [3.05, 3.63) is 51.4 Å². The summed E-state index contributed by atoms with van der Waals surface area (Å²) in [4.78, 5) is 33.7. The highest BCUT2D eigenvalue weighted by molar-refractivity contribution is 7.89. The lowest BCUT2D eigenvalue weighted by Gasteiger charge is -2.34. The van der Waals surface area contributed by atoms with Crippen molar-refractivity contribution in [3.8, 4) is 0 Å². The fourth-order valence-electron chi connectivity index (χ4n) is 5.47. The Labute approximate surface area is 234 Å². The Morgan fingerprint density at radius 3 is 2.59 bits per heavy atom. The maximum atomic E-state index is 13.7. The fraction of sp³-hybridized carbons (Fsp3) is 0.536. The molecule has 3 heterocycles. The quantitative estimate of drug-likeness (QED) is 0.370. The van der Waals surface area contributed by atoms with E-state index in [4.69, 9.17) is 0 Å². The molecule has 4 rings (SSSR count). The molecule has 1 aliphatic rings. The van der Waals surface area contributed by atoms with Crippen LogP contribution in [0.15, 0.2) is 40.3 Å². The van der Waals surface area contributed by atoms with Gasteiger partial charge in [-0.2, -0.15) is 4.31 Å². The van der Waals surface area contributed by atoms with Crippen LogP contribution in [0.25, 0.3) is 10.2 Å². The van der Waals surface area contributed by atoms with E-state index in [1.165, 1.54) is 32.1 Å². The molecule has 1 N–H and O–H groups in total. The van der Waals surface area contributed by atoms with Crippen LogP contribution in [0.1, 0.15) is 44.1 Å². The summed E-state index contributed by atoms with van der Waals surface area (Å²) in [5.74, 6) is 0.175. The summed E-state index contributed by atoms with van der Waals surface area (Å²) < 4.78 is 30.1. The van der Waals surface area contributed by atoms with Crippen molar-refractivity contribution in [3.63, 3.8) is 0 Å². The molecule has 1 amide bonds. The molecular formula is C28H39N5O4S2. The summed E-state index contributed by atoms with van der Waals surface area (Å²) in [5, 5.41) is 2.96. The van der Waals surface area contributed by atoms with E-state index in [9.17, 15) is 18.0 Å². The standard InChI is InChI=1S/C28H39N5O4S2/c1-6-31(23-10-7-9-19(2)14-23)12-8-11-29-24(34)17-32-18-30-27-25(28(32)35)26(22(5)38-27)39(36,37)33-15-20(3)13-21(4)16-33/h7,9-10,14,18,20-21H,6,8,11-13,15-17H2,1-5H3,(H,29,34)/t20-,21-/m0/s1. The Bertz CT molecular complexity index is 1490. The molecule has 0 unspecified atom stereocenters. The summed E-state index contributed by atoms with van der Waals surface area (Å²) in [6.07, 6.45) is 3.05. The van der Waals surface area contributed by atoms with Gasteiger partial charge >= 0.3 is 0 Å². The number of carbonyl (C=O) groups is 1. The number of carbonyl (C=O) groups excluding carboxylic acids is 1. The first kappa shape index (κ1) is 29.2. The van der Waals surface area contributed by atoms with Crippen LogP contribution in [0.5, 0.6) is 0 Å². The van der Waals surface area contributed by atoms with Gasteiger partial charge in [0.05, 0.1) is 11.7 Å². The van der Waals surface area contributed by atoms with Crippen molar-refractivity contribution in [2.75, 3.05) is 37.6 Å². The zero-order valence-electron chi connectivity index (χ0n) is 23.4. The van der Waals surface area contributed by atoms with E-state index in [-0.39, 0.29) is 34.6 Å². The number of hydrogen-bond donors (Lipinski definition) is 1. The molecule has 9 nitrogen and oxygen atoms in total. The van der Waals surface area contributed by atoms with Gasteiger partial charge in [0.2, 0.25) is 15.9 Å². The predicted molar refractivity (Wildman–Crippen MR) is 157 cm³/mol. The molecule has 1 fully saturated rings. The Hall–Kier alpha value is -2.76. The molecule has 0 spiro atoms. The number of anilines is 1. The molecule has 212 valence electrons. The fourth-order valence-corrected chi connectivity index (χ4v) is 8.82. The maximum absolute atomic E-state index is 13.7. The van der Waals surface area contributed by atoms with Crippen LogP contribution >= 0.6 is 11.3 Å². The zero-order valence-corrected chi connectivity index (χ0v) is 25.1. The van der Waals surface area contributed by atoms with Crippen LogP contribution < -0.4 is 15.8 Å². The molecule has 0 aliphatic carbocycles. The van der Waals surface area contributed by atoms with Crippen LogP contribution in [-0.4, -0.2) is 60.9 Å². The number of benzene rings is 1. The van der Waals surface area contributed by atoms with E-state index in [1.807, 2.05) is 19.9 Å². The van der Waals surface area contributed by atoms with Gasteiger partial charge in [0.1, 0.15) is 16.3 Å². The van der Waals surface area contributed by atoms with Crippen molar-refractivity contribution in [1.29, 1.82) is 0 Å². The van der Waals surface area contributed by atoms with Gasteiger partial charge in [-0.3, -0.25) is 14.2 Å². The van der Waals surface area contributed by atoms with Gasteiger partial charge in [-0.1, -0.05) is 26.0 Å². The van der Waals surface area contributed by atoms with Crippen molar-refractivity contribution < 1.29 is 13.2 Å². The minimum absolute atomic E-state index is 0.0341. The van der Waals surface area contributed by atoms with E-state index in [2.05, 4.69) is 47.2 Å². The first-order chi connectivity index (χ1) is 18.5. The number of fused-ring (bicyclic) bond motifs is 1. The molecule has 3 aromatic rings. The number of aromatic nitrogens is 2. The monoisotopic (exact) mass is 573 g/mol. The molecule has 2 aromatic heterocycles. The van der Waals surface area contributed by atoms with E-state index in [0.29, 0.717) is 29.3 Å². The molecule has 1 saturated heterocycles. The maximum Gasteiger partial charge on any atom is 0.263 e. The van der Waals surface area contributed by atoms with E-state index in [1.54, 1.807) is 6.92 Å². The average Bonchev–Trinajstić information content (AvgIpc) is 3.22.